The van der Waals surface area contributed by atoms with E-state index in [1.54, 1.807) is 4.68 Å². The highest BCUT2D eigenvalue weighted by molar-refractivity contribution is 5.12. The van der Waals surface area contributed by atoms with E-state index < -0.39 is 0 Å². The SMILES string of the molecule is CCc1ccc(C(Cc2ncnn2C)NN)o1. The van der Waals surface area contributed by atoms with Gasteiger partial charge in [-0.3, -0.25) is 10.5 Å². The lowest BCUT2D eigenvalue weighted by Gasteiger charge is -2.12. The number of hydrogen-bond acceptors (Lipinski definition) is 5. The number of hydrogen-bond donors (Lipinski definition) is 2. The monoisotopic (exact) mass is 235 g/mol. The molecule has 2 rings (SSSR count). The lowest BCUT2D eigenvalue weighted by Crippen LogP contribution is -2.30. The predicted octanol–water partition coefficient (Wildman–Crippen LogP) is 0.718. The van der Waals surface area contributed by atoms with Crippen LogP contribution in [0.5, 0.6) is 0 Å². The summed E-state index contributed by atoms with van der Waals surface area (Å²) in [5.41, 5.74) is 2.75. The normalized spacial score (nSPS) is 12.9. The Bertz CT molecular complexity index is 476. The number of aryl methyl sites for hydroxylation is 2. The molecular formula is C11H17N5O. The average molecular weight is 235 g/mol. The van der Waals surface area contributed by atoms with Gasteiger partial charge in [-0.2, -0.15) is 5.10 Å². The minimum atomic E-state index is -0.0850. The second-order valence-electron chi connectivity index (χ2n) is 3.88. The molecule has 0 saturated heterocycles. The summed E-state index contributed by atoms with van der Waals surface area (Å²) in [6.07, 6.45) is 3.05. The highest BCUT2D eigenvalue weighted by Gasteiger charge is 2.17. The Balaban J connectivity index is 2.14. The van der Waals surface area contributed by atoms with Gasteiger partial charge in [0.1, 0.15) is 23.7 Å². The molecule has 2 heterocycles. The quantitative estimate of drug-likeness (QED) is 0.589. The number of aromatic nitrogens is 3. The maximum absolute atomic E-state index is 5.67. The highest BCUT2D eigenvalue weighted by atomic mass is 16.3. The van der Waals surface area contributed by atoms with Gasteiger partial charge >= 0.3 is 0 Å². The van der Waals surface area contributed by atoms with Crippen LogP contribution in [-0.4, -0.2) is 14.8 Å². The Morgan fingerprint density at radius 1 is 1.53 bits per heavy atom. The molecule has 1 atom stereocenters. The largest absolute Gasteiger partial charge is 0.464 e. The van der Waals surface area contributed by atoms with Gasteiger partial charge in [0.2, 0.25) is 0 Å². The van der Waals surface area contributed by atoms with E-state index in [-0.39, 0.29) is 6.04 Å². The Morgan fingerprint density at radius 2 is 2.35 bits per heavy atom. The van der Waals surface area contributed by atoms with E-state index in [9.17, 15) is 0 Å². The second-order valence-corrected chi connectivity index (χ2v) is 3.88. The van der Waals surface area contributed by atoms with Gasteiger partial charge in [0.05, 0.1) is 6.04 Å². The van der Waals surface area contributed by atoms with Gasteiger partial charge < -0.3 is 4.42 Å². The first-order chi connectivity index (χ1) is 8.24. The Hall–Kier alpha value is -1.66. The van der Waals surface area contributed by atoms with Crippen molar-refractivity contribution in [1.82, 2.24) is 20.2 Å². The molecule has 6 heteroatoms. The first kappa shape index (κ1) is 11.8. The van der Waals surface area contributed by atoms with E-state index in [0.717, 1.165) is 23.8 Å². The maximum Gasteiger partial charge on any atom is 0.138 e. The van der Waals surface area contributed by atoms with Crippen LogP contribution in [0.15, 0.2) is 22.9 Å². The predicted molar refractivity (Wildman–Crippen MR) is 62.9 cm³/mol. The minimum Gasteiger partial charge on any atom is -0.464 e. The van der Waals surface area contributed by atoms with Crippen molar-refractivity contribution in [3.8, 4) is 0 Å². The molecule has 0 amide bonds. The van der Waals surface area contributed by atoms with Gasteiger partial charge in [-0.05, 0) is 12.1 Å². The summed E-state index contributed by atoms with van der Waals surface area (Å²) in [6, 6.07) is 3.83. The van der Waals surface area contributed by atoms with Crippen LogP contribution in [-0.2, 0) is 19.9 Å². The Morgan fingerprint density at radius 3 is 2.88 bits per heavy atom. The smallest absolute Gasteiger partial charge is 0.138 e. The molecule has 92 valence electrons. The van der Waals surface area contributed by atoms with Crippen molar-refractivity contribution >= 4 is 0 Å². The lowest BCUT2D eigenvalue weighted by atomic mass is 10.1. The van der Waals surface area contributed by atoms with Crippen molar-refractivity contribution in [2.75, 3.05) is 0 Å². The van der Waals surface area contributed by atoms with Crippen molar-refractivity contribution < 1.29 is 4.42 Å². The van der Waals surface area contributed by atoms with Gasteiger partial charge in [-0.1, -0.05) is 6.92 Å². The summed E-state index contributed by atoms with van der Waals surface area (Å²) < 4.78 is 7.40. The fourth-order valence-corrected chi connectivity index (χ4v) is 1.70. The van der Waals surface area contributed by atoms with Crippen molar-refractivity contribution in [3.05, 3.63) is 35.8 Å². The van der Waals surface area contributed by atoms with E-state index in [0.29, 0.717) is 6.42 Å². The van der Waals surface area contributed by atoms with Gasteiger partial charge in [-0.15, -0.1) is 0 Å². The molecule has 6 nitrogen and oxygen atoms in total. The third kappa shape index (κ3) is 2.54. The van der Waals surface area contributed by atoms with Gasteiger partial charge in [0, 0.05) is 19.9 Å². The minimum absolute atomic E-state index is 0.0850. The van der Waals surface area contributed by atoms with Gasteiger partial charge in [0.25, 0.3) is 0 Å². The summed E-state index contributed by atoms with van der Waals surface area (Å²) >= 11 is 0. The molecule has 0 spiro atoms. The summed E-state index contributed by atoms with van der Waals surface area (Å²) in [5, 5.41) is 4.03. The zero-order valence-corrected chi connectivity index (χ0v) is 10.1. The second kappa shape index (κ2) is 5.11. The molecule has 3 N–H and O–H groups in total. The fourth-order valence-electron chi connectivity index (χ4n) is 1.70. The molecule has 1 unspecified atom stereocenters. The van der Waals surface area contributed by atoms with Crippen LogP contribution in [0.3, 0.4) is 0 Å². The number of nitrogens with zero attached hydrogens (tertiary/aromatic N) is 3. The number of hydrazine groups is 1. The molecule has 2 aromatic heterocycles. The zero-order chi connectivity index (χ0) is 12.3. The van der Waals surface area contributed by atoms with Crippen LogP contribution >= 0.6 is 0 Å². The van der Waals surface area contributed by atoms with Gasteiger partial charge in [0.15, 0.2) is 0 Å². The first-order valence-corrected chi connectivity index (χ1v) is 5.62. The standard InChI is InChI=1S/C11H17N5O/c1-3-8-4-5-10(17-8)9(15-12)6-11-13-7-14-16(11)2/h4-5,7,9,15H,3,6,12H2,1-2H3. The van der Waals surface area contributed by atoms with E-state index in [1.807, 2.05) is 19.2 Å². The molecule has 0 aliphatic rings. The third-order valence-corrected chi connectivity index (χ3v) is 2.77. The summed E-state index contributed by atoms with van der Waals surface area (Å²) in [7, 11) is 1.86. The summed E-state index contributed by atoms with van der Waals surface area (Å²) in [4.78, 5) is 4.17. The number of rotatable bonds is 5. The first-order valence-electron chi connectivity index (χ1n) is 5.62. The molecule has 0 aliphatic heterocycles. The number of furan rings is 1. The average Bonchev–Trinajstić information content (AvgIpc) is 2.95. The van der Waals surface area contributed by atoms with Crippen LogP contribution in [0, 0.1) is 0 Å². The topological polar surface area (TPSA) is 81.9 Å². The van der Waals surface area contributed by atoms with E-state index in [1.165, 1.54) is 6.33 Å². The zero-order valence-electron chi connectivity index (χ0n) is 10.1. The third-order valence-electron chi connectivity index (χ3n) is 2.77. The molecule has 0 bridgehead atoms. The Labute approximate surface area is 99.8 Å². The maximum atomic E-state index is 5.67. The molecule has 0 saturated carbocycles. The van der Waals surface area contributed by atoms with E-state index >= 15 is 0 Å². The van der Waals surface area contributed by atoms with Crippen LogP contribution in [0.25, 0.3) is 0 Å². The van der Waals surface area contributed by atoms with Gasteiger partial charge in [-0.25, -0.2) is 10.4 Å². The fraction of sp³-hybridized carbons (Fsp3) is 0.455. The summed E-state index contributed by atoms with van der Waals surface area (Å²) in [6.45, 7) is 2.05. The van der Waals surface area contributed by atoms with Crippen molar-refractivity contribution in [2.45, 2.75) is 25.8 Å². The van der Waals surface area contributed by atoms with Crippen molar-refractivity contribution in [2.24, 2.45) is 12.9 Å². The molecule has 2 aromatic rings. The molecule has 0 aliphatic carbocycles. The van der Waals surface area contributed by atoms with Crippen molar-refractivity contribution in [1.29, 1.82) is 0 Å². The summed E-state index contributed by atoms with van der Waals surface area (Å²) in [5.74, 6) is 8.20. The molecule has 17 heavy (non-hydrogen) atoms. The van der Waals surface area contributed by atoms with Crippen molar-refractivity contribution in [3.63, 3.8) is 0 Å². The van der Waals surface area contributed by atoms with Crippen LogP contribution in [0.4, 0.5) is 0 Å². The highest BCUT2D eigenvalue weighted by Crippen LogP contribution is 2.19. The van der Waals surface area contributed by atoms with Crippen LogP contribution < -0.4 is 11.3 Å². The molecular weight excluding hydrogens is 218 g/mol. The van der Waals surface area contributed by atoms with E-state index in [2.05, 4.69) is 22.4 Å². The van der Waals surface area contributed by atoms with E-state index in [4.69, 9.17) is 10.3 Å². The number of nitrogens with one attached hydrogen (secondary N) is 1. The van der Waals surface area contributed by atoms with Crippen LogP contribution in [0.1, 0.15) is 30.3 Å². The Kier molecular flexibility index (Phi) is 3.55. The van der Waals surface area contributed by atoms with Crippen LogP contribution in [0.2, 0.25) is 0 Å². The lowest BCUT2D eigenvalue weighted by molar-refractivity contribution is 0.389. The molecule has 0 aromatic carbocycles. The number of nitrogens with two attached hydrogens (primary N) is 1. The molecule has 0 radical (unpaired) electrons. The molecule has 0 fully saturated rings.